The predicted molar refractivity (Wildman–Crippen MR) is 97.1 cm³/mol. The molecule has 0 atom stereocenters. The van der Waals surface area contributed by atoms with Crippen LogP contribution in [0.25, 0.3) is 0 Å². The average Bonchev–Trinajstić information content (AvgIpc) is 2.69. The van der Waals surface area contributed by atoms with E-state index in [0.717, 1.165) is 25.2 Å². The highest BCUT2D eigenvalue weighted by Gasteiger charge is 2.23. The molecule has 1 aliphatic rings. The van der Waals surface area contributed by atoms with Crippen molar-refractivity contribution in [2.24, 2.45) is 0 Å². The lowest BCUT2D eigenvalue weighted by Gasteiger charge is -2.34. The molecule has 1 heterocycles. The van der Waals surface area contributed by atoms with Gasteiger partial charge in [0.05, 0.1) is 14.2 Å². The molecule has 0 aromatic heterocycles. The van der Waals surface area contributed by atoms with E-state index in [0.29, 0.717) is 30.2 Å². The Bertz CT molecular complexity index is 734. The molecular formula is C20H23FN2O3. The summed E-state index contributed by atoms with van der Waals surface area (Å²) in [5, 5.41) is 0. The third-order valence-corrected chi connectivity index (χ3v) is 4.58. The van der Waals surface area contributed by atoms with Gasteiger partial charge in [-0.05, 0) is 29.8 Å². The molecule has 0 bridgehead atoms. The molecule has 2 aromatic carbocycles. The van der Waals surface area contributed by atoms with Crippen molar-refractivity contribution >= 4 is 5.91 Å². The Morgan fingerprint density at radius 3 is 2.08 bits per heavy atom. The minimum atomic E-state index is -0.224. The Labute approximate surface area is 152 Å². The molecule has 2 aromatic rings. The van der Waals surface area contributed by atoms with Crippen LogP contribution < -0.4 is 9.47 Å². The Balaban J connectivity index is 1.60. The van der Waals surface area contributed by atoms with E-state index in [4.69, 9.17) is 9.47 Å². The summed E-state index contributed by atoms with van der Waals surface area (Å²) in [7, 11) is 3.13. The lowest BCUT2D eigenvalue weighted by atomic mass is 10.1. The number of piperazine rings is 1. The zero-order valence-corrected chi connectivity index (χ0v) is 15.1. The second-order valence-electron chi connectivity index (χ2n) is 6.30. The molecule has 1 fully saturated rings. The van der Waals surface area contributed by atoms with E-state index in [1.54, 1.807) is 44.6 Å². The number of nitrogens with zero attached hydrogens (tertiary/aromatic N) is 2. The number of halogens is 1. The fourth-order valence-electron chi connectivity index (χ4n) is 3.07. The maximum Gasteiger partial charge on any atom is 0.254 e. The lowest BCUT2D eigenvalue weighted by Crippen LogP contribution is -2.48. The summed E-state index contributed by atoms with van der Waals surface area (Å²) in [6, 6.07) is 11.8. The van der Waals surface area contributed by atoms with Gasteiger partial charge in [0.15, 0.2) is 0 Å². The van der Waals surface area contributed by atoms with Crippen LogP contribution in [0, 0.1) is 5.82 Å². The normalized spacial score (nSPS) is 15.0. The van der Waals surface area contributed by atoms with Crippen LogP contribution in [0.4, 0.5) is 4.39 Å². The zero-order valence-electron chi connectivity index (χ0n) is 15.1. The first-order chi connectivity index (χ1) is 12.6. The molecule has 0 radical (unpaired) electrons. The van der Waals surface area contributed by atoms with Crippen LogP contribution in [0.1, 0.15) is 15.9 Å². The Morgan fingerprint density at radius 2 is 1.54 bits per heavy atom. The summed E-state index contributed by atoms with van der Waals surface area (Å²) in [4.78, 5) is 16.9. The van der Waals surface area contributed by atoms with Crippen molar-refractivity contribution in [2.75, 3.05) is 40.4 Å². The summed E-state index contributed by atoms with van der Waals surface area (Å²) >= 11 is 0. The van der Waals surface area contributed by atoms with E-state index < -0.39 is 0 Å². The molecule has 0 spiro atoms. The van der Waals surface area contributed by atoms with Crippen molar-refractivity contribution in [3.63, 3.8) is 0 Å². The van der Waals surface area contributed by atoms with Gasteiger partial charge >= 0.3 is 0 Å². The molecule has 6 heteroatoms. The molecule has 3 rings (SSSR count). The van der Waals surface area contributed by atoms with Gasteiger partial charge in [-0.3, -0.25) is 9.69 Å². The SMILES string of the molecule is COc1cc(OC)cc(C(=O)N2CCN(Cc3ccc(F)cc3)CC2)c1. The fraction of sp³-hybridized carbons (Fsp3) is 0.350. The van der Waals surface area contributed by atoms with Crippen molar-refractivity contribution in [3.05, 3.63) is 59.4 Å². The van der Waals surface area contributed by atoms with Gasteiger partial charge in [-0.25, -0.2) is 4.39 Å². The van der Waals surface area contributed by atoms with E-state index in [9.17, 15) is 9.18 Å². The first-order valence-electron chi connectivity index (χ1n) is 8.58. The van der Waals surface area contributed by atoms with Gasteiger partial charge < -0.3 is 14.4 Å². The number of carbonyl (C=O) groups is 1. The second kappa shape index (κ2) is 8.19. The molecule has 1 saturated heterocycles. The van der Waals surface area contributed by atoms with Crippen molar-refractivity contribution in [1.82, 2.24) is 9.80 Å². The minimum Gasteiger partial charge on any atom is -0.497 e. The van der Waals surface area contributed by atoms with Crippen LogP contribution in [0.5, 0.6) is 11.5 Å². The van der Waals surface area contributed by atoms with Crippen LogP contribution in [0.3, 0.4) is 0 Å². The quantitative estimate of drug-likeness (QED) is 0.824. The molecule has 1 aliphatic heterocycles. The van der Waals surface area contributed by atoms with Gasteiger partial charge in [0, 0.05) is 44.4 Å². The molecule has 0 saturated carbocycles. The molecule has 1 amide bonds. The summed E-state index contributed by atoms with van der Waals surface area (Å²) in [5.74, 6) is 0.951. The van der Waals surface area contributed by atoms with Crippen molar-refractivity contribution < 1.29 is 18.7 Å². The smallest absolute Gasteiger partial charge is 0.254 e. The fourth-order valence-corrected chi connectivity index (χ4v) is 3.07. The summed E-state index contributed by atoms with van der Waals surface area (Å²) in [6.45, 7) is 3.63. The molecule has 26 heavy (non-hydrogen) atoms. The van der Waals surface area contributed by atoms with Gasteiger partial charge in [0.1, 0.15) is 17.3 Å². The highest BCUT2D eigenvalue weighted by molar-refractivity contribution is 5.95. The highest BCUT2D eigenvalue weighted by Crippen LogP contribution is 2.24. The van der Waals surface area contributed by atoms with Crippen LogP contribution in [-0.4, -0.2) is 56.1 Å². The number of ether oxygens (including phenoxy) is 2. The third-order valence-electron chi connectivity index (χ3n) is 4.58. The third kappa shape index (κ3) is 4.32. The van der Waals surface area contributed by atoms with Crippen LogP contribution in [-0.2, 0) is 6.54 Å². The topological polar surface area (TPSA) is 42.0 Å². The van der Waals surface area contributed by atoms with Gasteiger partial charge in [-0.15, -0.1) is 0 Å². The summed E-state index contributed by atoms with van der Waals surface area (Å²) in [6.07, 6.45) is 0. The highest BCUT2D eigenvalue weighted by atomic mass is 19.1. The van der Waals surface area contributed by atoms with Gasteiger partial charge in [-0.2, -0.15) is 0 Å². The van der Waals surface area contributed by atoms with E-state index in [-0.39, 0.29) is 11.7 Å². The summed E-state index contributed by atoms with van der Waals surface area (Å²) < 4.78 is 23.5. The monoisotopic (exact) mass is 358 g/mol. The van der Waals surface area contributed by atoms with Crippen molar-refractivity contribution in [3.8, 4) is 11.5 Å². The molecule has 0 aliphatic carbocycles. The van der Waals surface area contributed by atoms with E-state index in [2.05, 4.69) is 4.90 Å². The van der Waals surface area contributed by atoms with E-state index in [1.165, 1.54) is 12.1 Å². The standard InChI is InChI=1S/C20H23FN2O3/c1-25-18-11-16(12-19(13-18)26-2)20(24)23-9-7-22(8-10-23)14-15-3-5-17(21)6-4-15/h3-6,11-13H,7-10,14H2,1-2H3. The number of amides is 1. The number of rotatable bonds is 5. The second-order valence-corrected chi connectivity index (χ2v) is 6.30. The largest absolute Gasteiger partial charge is 0.497 e. The zero-order chi connectivity index (χ0) is 18.5. The molecule has 0 unspecified atom stereocenters. The van der Waals surface area contributed by atoms with Crippen molar-refractivity contribution in [2.45, 2.75) is 6.54 Å². The molecule has 5 nitrogen and oxygen atoms in total. The maximum atomic E-state index is 13.0. The average molecular weight is 358 g/mol. The first-order valence-corrected chi connectivity index (χ1v) is 8.58. The molecule has 0 N–H and O–H groups in total. The Kier molecular flexibility index (Phi) is 5.73. The minimum absolute atomic E-state index is 0.0244. The lowest BCUT2D eigenvalue weighted by molar-refractivity contribution is 0.0627. The van der Waals surface area contributed by atoms with Crippen LogP contribution >= 0.6 is 0 Å². The maximum absolute atomic E-state index is 13.0. The van der Waals surface area contributed by atoms with Crippen LogP contribution in [0.15, 0.2) is 42.5 Å². The van der Waals surface area contributed by atoms with Gasteiger partial charge in [0.25, 0.3) is 5.91 Å². The summed E-state index contributed by atoms with van der Waals surface area (Å²) in [5.41, 5.74) is 1.64. The van der Waals surface area contributed by atoms with E-state index in [1.807, 2.05) is 4.90 Å². The van der Waals surface area contributed by atoms with Gasteiger partial charge in [-0.1, -0.05) is 12.1 Å². The number of benzene rings is 2. The molecule has 138 valence electrons. The Morgan fingerprint density at radius 1 is 0.962 bits per heavy atom. The van der Waals surface area contributed by atoms with E-state index >= 15 is 0 Å². The first kappa shape index (κ1) is 18.2. The Hall–Kier alpha value is -2.60. The predicted octanol–water partition coefficient (Wildman–Crippen LogP) is 2.80. The van der Waals surface area contributed by atoms with Gasteiger partial charge in [0.2, 0.25) is 0 Å². The number of carbonyl (C=O) groups excluding carboxylic acids is 1. The van der Waals surface area contributed by atoms with Crippen molar-refractivity contribution in [1.29, 1.82) is 0 Å². The molecular weight excluding hydrogens is 335 g/mol. The number of hydrogen-bond donors (Lipinski definition) is 0. The number of methoxy groups -OCH3 is 2. The van der Waals surface area contributed by atoms with Crippen LogP contribution in [0.2, 0.25) is 0 Å². The number of hydrogen-bond acceptors (Lipinski definition) is 4.